The first kappa shape index (κ1) is 14.0. The molecule has 0 bridgehead atoms. The van der Waals surface area contributed by atoms with Crippen LogP contribution in [-0.4, -0.2) is 18.8 Å². The van der Waals surface area contributed by atoms with Crippen LogP contribution in [-0.2, 0) is 0 Å². The van der Waals surface area contributed by atoms with Crippen LogP contribution in [0.5, 0.6) is 0 Å². The molecule has 1 N–H and O–H groups in total. The van der Waals surface area contributed by atoms with Crippen molar-refractivity contribution >= 4 is 22.5 Å². The molecule has 2 unspecified atom stereocenters. The predicted octanol–water partition coefficient (Wildman–Crippen LogP) is 4.71. The second-order valence-electron chi connectivity index (χ2n) is 5.73. The molecule has 0 aromatic heterocycles. The average molecular weight is 285 g/mol. The van der Waals surface area contributed by atoms with Crippen LogP contribution in [0.25, 0.3) is 10.8 Å². The maximum Gasteiger partial charge on any atom is 0.00926 e. The highest BCUT2D eigenvalue weighted by molar-refractivity contribution is 7.99. The molecule has 2 heteroatoms. The van der Waals surface area contributed by atoms with Crippen LogP contribution in [0.4, 0.5) is 0 Å². The Balaban J connectivity index is 1.57. The van der Waals surface area contributed by atoms with Gasteiger partial charge in [-0.15, -0.1) is 11.8 Å². The van der Waals surface area contributed by atoms with Gasteiger partial charge in [-0.3, -0.25) is 0 Å². The van der Waals surface area contributed by atoms with Crippen LogP contribution in [0.1, 0.15) is 25.7 Å². The first-order valence-electron chi connectivity index (χ1n) is 7.65. The summed E-state index contributed by atoms with van der Waals surface area (Å²) in [7, 11) is 2.11. The van der Waals surface area contributed by atoms with E-state index in [9.17, 15) is 0 Å². The lowest BCUT2D eigenvalue weighted by molar-refractivity contribution is 0.417. The summed E-state index contributed by atoms with van der Waals surface area (Å²) >= 11 is 2.01. The number of hydrogen-bond donors (Lipinski definition) is 1. The van der Waals surface area contributed by atoms with E-state index < -0.39 is 0 Å². The average Bonchev–Trinajstić information content (AvgIpc) is 2.95. The summed E-state index contributed by atoms with van der Waals surface area (Å²) in [6.07, 6.45) is 5.51. The van der Waals surface area contributed by atoms with Gasteiger partial charge in [-0.2, -0.15) is 0 Å². The van der Waals surface area contributed by atoms with Crippen molar-refractivity contribution in [2.24, 2.45) is 5.92 Å². The molecule has 20 heavy (non-hydrogen) atoms. The molecule has 0 amide bonds. The predicted molar refractivity (Wildman–Crippen MR) is 89.5 cm³/mol. The number of benzene rings is 2. The summed E-state index contributed by atoms with van der Waals surface area (Å²) in [5.41, 5.74) is 0. The van der Waals surface area contributed by atoms with E-state index in [0.717, 1.165) is 12.0 Å². The highest BCUT2D eigenvalue weighted by Gasteiger charge is 2.25. The molecule has 3 rings (SSSR count). The largest absolute Gasteiger partial charge is 0.317 e. The van der Waals surface area contributed by atoms with Gasteiger partial charge in [0.05, 0.1) is 0 Å². The zero-order valence-electron chi connectivity index (χ0n) is 12.1. The highest BCUT2D eigenvalue weighted by atomic mass is 32.2. The molecule has 1 nitrogen and oxygen atoms in total. The van der Waals surface area contributed by atoms with Crippen molar-refractivity contribution in [3.63, 3.8) is 0 Å². The van der Waals surface area contributed by atoms with Gasteiger partial charge >= 0.3 is 0 Å². The van der Waals surface area contributed by atoms with Gasteiger partial charge in [0, 0.05) is 10.9 Å². The maximum absolute atomic E-state index is 3.48. The summed E-state index contributed by atoms with van der Waals surface area (Å²) in [5.74, 6) is 2.12. The fourth-order valence-electron chi connectivity index (χ4n) is 3.35. The number of nitrogens with one attached hydrogen (secondary N) is 1. The van der Waals surface area contributed by atoms with E-state index in [2.05, 4.69) is 54.8 Å². The normalized spacial score (nSPS) is 22.4. The van der Waals surface area contributed by atoms with E-state index in [-0.39, 0.29) is 0 Å². The van der Waals surface area contributed by atoms with Crippen molar-refractivity contribution in [2.75, 3.05) is 12.8 Å². The fraction of sp³-hybridized carbons (Fsp3) is 0.444. The zero-order chi connectivity index (χ0) is 13.8. The molecule has 1 aliphatic rings. The summed E-state index contributed by atoms with van der Waals surface area (Å²) in [6.45, 7) is 0. The van der Waals surface area contributed by atoms with Crippen LogP contribution >= 0.6 is 11.8 Å². The SMILES string of the molecule is CNC1CCCC1CCSc1ccc2ccccc2c1. The summed E-state index contributed by atoms with van der Waals surface area (Å²) in [5, 5.41) is 6.17. The van der Waals surface area contributed by atoms with E-state index >= 15 is 0 Å². The Kier molecular flexibility index (Phi) is 4.64. The van der Waals surface area contributed by atoms with E-state index in [1.807, 2.05) is 11.8 Å². The molecule has 0 radical (unpaired) electrons. The van der Waals surface area contributed by atoms with Crippen molar-refractivity contribution in [2.45, 2.75) is 36.6 Å². The third kappa shape index (κ3) is 3.18. The van der Waals surface area contributed by atoms with Gasteiger partial charge in [-0.05, 0) is 60.9 Å². The summed E-state index contributed by atoms with van der Waals surface area (Å²) in [4.78, 5) is 1.41. The Morgan fingerprint density at radius 3 is 2.80 bits per heavy atom. The summed E-state index contributed by atoms with van der Waals surface area (Å²) < 4.78 is 0. The van der Waals surface area contributed by atoms with Gasteiger partial charge < -0.3 is 5.32 Å². The molecule has 0 spiro atoms. The van der Waals surface area contributed by atoms with Crippen molar-refractivity contribution in [3.8, 4) is 0 Å². The second kappa shape index (κ2) is 6.64. The highest BCUT2D eigenvalue weighted by Crippen LogP contribution is 2.31. The maximum atomic E-state index is 3.48. The van der Waals surface area contributed by atoms with E-state index in [4.69, 9.17) is 0 Å². The minimum atomic E-state index is 0.757. The lowest BCUT2D eigenvalue weighted by atomic mass is 10.0. The van der Waals surface area contributed by atoms with E-state index in [1.54, 1.807) is 0 Å². The van der Waals surface area contributed by atoms with E-state index in [0.29, 0.717) is 0 Å². The molecular formula is C18H23NS. The number of hydrogen-bond acceptors (Lipinski definition) is 2. The van der Waals surface area contributed by atoms with E-state index in [1.165, 1.54) is 47.1 Å². The molecule has 1 aliphatic carbocycles. The molecule has 2 atom stereocenters. The Labute approximate surface area is 126 Å². The van der Waals surface area contributed by atoms with Crippen LogP contribution in [0.15, 0.2) is 47.4 Å². The Bertz CT molecular complexity index is 566. The number of fused-ring (bicyclic) bond motifs is 1. The number of rotatable bonds is 5. The van der Waals surface area contributed by atoms with Gasteiger partial charge in [-0.25, -0.2) is 0 Å². The minimum Gasteiger partial charge on any atom is -0.317 e. The molecule has 2 aromatic rings. The van der Waals surface area contributed by atoms with Crippen molar-refractivity contribution in [1.82, 2.24) is 5.32 Å². The van der Waals surface area contributed by atoms with Gasteiger partial charge in [0.2, 0.25) is 0 Å². The zero-order valence-corrected chi connectivity index (χ0v) is 13.0. The molecule has 0 aliphatic heterocycles. The first-order chi connectivity index (χ1) is 9.86. The van der Waals surface area contributed by atoms with Crippen molar-refractivity contribution < 1.29 is 0 Å². The third-order valence-corrected chi connectivity index (χ3v) is 5.54. The quantitative estimate of drug-likeness (QED) is 0.798. The smallest absolute Gasteiger partial charge is 0.00926 e. The minimum absolute atomic E-state index is 0.757. The molecule has 1 fully saturated rings. The first-order valence-corrected chi connectivity index (χ1v) is 8.64. The lowest BCUT2D eigenvalue weighted by Crippen LogP contribution is -2.29. The van der Waals surface area contributed by atoms with Gasteiger partial charge in [-0.1, -0.05) is 36.8 Å². The molecule has 1 saturated carbocycles. The van der Waals surface area contributed by atoms with Gasteiger partial charge in [0.1, 0.15) is 0 Å². The van der Waals surface area contributed by atoms with Crippen LogP contribution in [0, 0.1) is 5.92 Å². The topological polar surface area (TPSA) is 12.0 Å². The lowest BCUT2D eigenvalue weighted by Gasteiger charge is -2.18. The monoisotopic (exact) mass is 285 g/mol. The third-order valence-electron chi connectivity index (χ3n) is 4.51. The molecule has 106 valence electrons. The molecule has 0 saturated heterocycles. The molecule has 2 aromatic carbocycles. The van der Waals surface area contributed by atoms with Crippen molar-refractivity contribution in [1.29, 1.82) is 0 Å². The van der Waals surface area contributed by atoms with Crippen LogP contribution < -0.4 is 5.32 Å². The van der Waals surface area contributed by atoms with Gasteiger partial charge in [0.25, 0.3) is 0 Å². The van der Waals surface area contributed by atoms with Crippen LogP contribution in [0.2, 0.25) is 0 Å². The Hall–Kier alpha value is -0.990. The van der Waals surface area contributed by atoms with Crippen LogP contribution in [0.3, 0.4) is 0 Å². The van der Waals surface area contributed by atoms with Crippen molar-refractivity contribution in [3.05, 3.63) is 42.5 Å². The second-order valence-corrected chi connectivity index (χ2v) is 6.90. The van der Waals surface area contributed by atoms with Gasteiger partial charge in [0.15, 0.2) is 0 Å². The Morgan fingerprint density at radius 1 is 1.10 bits per heavy atom. The Morgan fingerprint density at radius 2 is 1.95 bits per heavy atom. The summed E-state index contributed by atoms with van der Waals surface area (Å²) in [6, 6.07) is 16.2. The molecule has 0 heterocycles. The number of thioether (sulfide) groups is 1. The fourth-order valence-corrected chi connectivity index (χ4v) is 4.38. The molecular weight excluding hydrogens is 262 g/mol. The standard InChI is InChI=1S/C18H23NS/c1-19-18-8-4-7-15(18)11-12-20-17-10-9-14-5-2-3-6-16(14)13-17/h2-3,5-6,9-10,13,15,18-19H,4,7-8,11-12H2,1H3.